The van der Waals surface area contributed by atoms with E-state index in [2.05, 4.69) is 19.2 Å². The van der Waals surface area contributed by atoms with E-state index < -0.39 is 10.1 Å². The predicted molar refractivity (Wildman–Crippen MR) is 89.5 cm³/mol. The Hall–Kier alpha value is -0.500. The molecular weight excluding hydrogens is 304 g/mol. The summed E-state index contributed by atoms with van der Waals surface area (Å²) in [4.78, 5) is 11.4. The Morgan fingerprint density at radius 2 is 1.68 bits per heavy atom. The third-order valence-electron chi connectivity index (χ3n) is 4.59. The van der Waals surface area contributed by atoms with Gasteiger partial charge < -0.3 is 9.80 Å². The smallest absolute Gasteiger partial charge is 0.265 e. The van der Waals surface area contributed by atoms with Gasteiger partial charge in [0.15, 0.2) is 0 Å². The summed E-state index contributed by atoms with van der Waals surface area (Å²) in [7, 11) is -2.06. The average molecular weight is 338 g/mol. The zero-order valence-electron chi connectivity index (χ0n) is 14.5. The van der Waals surface area contributed by atoms with Crippen LogP contribution in [0.15, 0.2) is 0 Å². The van der Waals surface area contributed by atoms with Crippen LogP contribution in [0.1, 0.15) is 46.5 Å². The molecule has 0 fully saturated rings. The van der Waals surface area contributed by atoms with Gasteiger partial charge in [-0.3, -0.25) is 9.35 Å². The number of ketones is 1. The van der Waals surface area contributed by atoms with Crippen LogP contribution in [0.5, 0.6) is 0 Å². The van der Waals surface area contributed by atoms with Crippen LogP contribution in [0, 0.1) is 0 Å². The van der Waals surface area contributed by atoms with E-state index in [9.17, 15) is 13.2 Å². The predicted octanol–water partition coefficient (Wildman–Crippen LogP) is 1.47. The molecule has 0 amide bonds. The molecule has 0 unspecified atom stereocenters. The quantitative estimate of drug-likeness (QED) is 0.302. The Morgan fingerprint density at radius 1 is 1.14 bits per heavy atom. The van der Waals surface area contributed by atoms with E-state index >= 15 is 0 Å². The molecule has 0 spiro atoms. The summed E-state index contributed by atoms with van der Waals surface area (Å²) in [6, 6.07) is -0.0651. The standard InChI is InChI=1S/C15H32N2O4S/c1-5-17(6-2,12-9-13-22(19,20)21)11-8-7-10-15(16-4)14(3)18/h15-16H,5-13H2,1-4H3/p+1/t15-/m0/s1. The Kier molecular flexibility index (Phi) is 10.1. The minimum absolute atomic E-state index is 0.0651. The van der Waals surface area contributed by atoms with Gasteiger partial charge in [-0.25, -0.2) is 0 Å². The van der Waals surface area contributed by atoms with E-state index in [1.54, 1.807) is 14.0 Å². The second kappa shape index (κ2) is 10.3. The summed E-state index contributed by atoms with van der Waals surface area (Å²) in [5.41, 5.74) is 0. The number of nitrogens with one attached hydrogen (secondary N) is 1. The van der Waals surface area contributed by atoms with Crippen molar-refractivity contribution >= 4 is 15.9 Å². The summed E-state index contributed by atoms with van der Waals surface area (Å²) >= 11 is 0. The molecule has 0 heterocycles. The number of hydrogen-bond donors (Lipinski definition) is 2. The van der Waals surface area contributed by atoms with Crippen molar-refractivity contribution in [3.8, 4) is 0 Å². The fourth-order valence-electron chi connectivity index (χ4n) is 2.90. The third-order valence-corrected chi connectivity index (χ3v) is 5.40. The summed E-state index contributed by atoms with van der Waals surface area (Å²) in [6.07, 6.45) is 3.31. The first-order valence-corrected chi connectivity index (χ1v) is 9.78. The fraction of sp³-hybridized carbons (Fsp3) is 0.933. The molecule has 0 saturated heterocycles. The number of carbonyl (C=O) groups excluding carboxylic acids is 1. The molecule has 0 saturated carbocycles. The lowest BCUT2D eigenvalue weighted by molar-refractivity contribution is -0.925. The molecule has 0 rings (SSSR count). The van der Waals surface area contributed by atoms with Crippen LogP contribution >= 0.6 is 0 Å². The number of carbonyl (C=O) groups is 1. The van der Waals surface area contributed by atoms with Gasteiger partial charge in [-0.1, -0.05) is 0 Å². The lowest BCUT2D eigenvalue weighted by Crippen LogP contribution is -2.49. The van der Waals surface area contributed by atoms with Gasteiger partial charge in [-0.05, 0) is 47.1 Å². The van der Waals surface area contributed by atoms with Gasteiger partial charge in [0.25, 0.3) is 10.1 Å². The van der Waals surface area contributed by atoms with Crippen molar-refractivity contribution in [2.45, 2.75) is 52.5 Å². The molecule has 0 bridgehead atoms. The van der Waals surface area contributed by atoms with Gasteiger partial charge in [0, 0.05) is 6.42 Å². The van der Waals surface area contributed by atoms with Crippen LogP contribution in [0.4, 0.5) is 0 Å². The lowest BCUT2D eigenvalue weighted by atomic mass is 10.1. The Labute approximate surface area is 135 Å². The molecule has 0 aromatic heterocycles. The van der Waals surface area contributed by atoms with E-state index in [0.717, 1.165) is 49.9 Å². The van der Waals surface area contributed by atoms with Crippen molar-refractivity contribution < 1.29 is 22.2 Å². The SMILES string of the molecule is CC[N+](CC)(CCCC[C@H](NC)C(C)=O)CCCS(=O)(=O)O. The van der Waals surface area contributed by atoms with Gasteiger partial charge in [0.05, 0.1) is 38.0 Å². The van der Waals surface area contributed by atoms with Gasteiger partial charge in [-0.15, -0.1) is 0 Å². The fourth-order valence-corrected chi connectivity index (χ4v) is 3.39. The van der Waals surface area contributed by atoms with Crippen molar-refractivity contribution in [2.24, 2.45) is 0 Å². The number of Topliss-reactive ketones (excluding diaryl/α,β-unsaturated/α-hetero) is 1. The number of likely N-dealkylation sites (N-methyl/N-ethyl adjacent to an activating group) is 1. The monoisotopic (exact) mass is 337 g/mol. The van der Waals surface area contributed by atoms with Crippen molar-refractivity contribution in [3.05, 3.63) is 0 Å². The molecule has 0 aliphatic carbocycles. The largest absolute Gasteiger partial charge is 0.324 e. The highest BCUT2D eigenvalue weighted by Crippen LogP contribution is 2.13. The highest BCUT2D eigenvalue weighted by atomic mass is 32.2. The van der Waals surface area contributed by atoms with E-state index in [4.69, 9.17) is 4.55 Å². The first-order valence-electron chi connectivity index (χ1n) is 8.17. The maximum atomic E-state index is 11.4. The summed E-state index contributed by atoms with van der Waals surface area (Å²) in [6.45, 7) is 9.47. The number of rotatable bonds is 13. The molecule has 0 aliphatic rings. The van der Waals surface area contributed by atoms with Crippen molar-refractivity contribution in [3.63, 3.8) is 0 Å². The minimum Gasteiger partial charge on any atom is -0.324 e. The van der Waals surface area contributed by atoms with Crippen LogP contribution in [0.2, 0.25) is 0 Å². The molecule has 22 heavy (non-hydrogen) atoms. The Balaban J connectivity index is 4.30. The van der Waals surface area contributed by atoms with Crippen LogP contribution in [0.25, 0.3) is 0 Å². The molecule has 132 valence electrons. The maximum absolute atomic E-state index is 11.4. The van der Waals surface area contributed by atoms with Crippen LogP contribution in [-0.4, -0.2) is 68.3 Å². The van der Waals surface area contributed by atoms with E-state index in [1.807, 2.05) is 0 Å². The molecular formula is C15H33N2O4S+. The van der Waals surface area contributed by atoms with Crippen molar-refractivity contribution in [1.82, 2.24) is 5.32 Å². The highest BCUT2D eigenvalue weighted by Gasteiger charge is 2.23. The topological polar surface area (TPSA) is 83.5 Å². The minimum atomic E-state index is -3.87. The average Bonchev–Trinajstić information content (AvgIpc) is 2.43. The van der Waals surface area contributed by atoms with E-state index in [1.165, 1.54) is 0 Å². The van der Waals surface area contributed by atoms with Gasteiger partial charge in [-0.2, -0.15) is 8.42 Å². The second-order valence-corrected chi connectivity index (χ2v) is 7.58. The summed E-state index contributed by atoms with van der Waals surface area (Å²) in [5, 5.41) is 3.03. The molecule has 0 radical (unpaired) electrons. The van der Waals surface area contributed by atoms with E-state index in [0.29, 0.717) is 6.42 Å². The number of quaternary nitrogens is 1. The zero-order chi connectivity index (χ0) is 17.2. The zero-order valence-corrected chi connectivity index (χ0v) is 15.3. The molecule has 0 aromatic carbocycles. The van der Waals surface area contributed by atoms with Gasteiger partial charge in [0.1, 0.15) is 5.78 Å². The molecule has 7 heteroatoms. The van der Waals surface area contributed by atoms with Crippen molar-refractivity contribution in [2.75, 3.05) is 39.0 Å². The molecule has 6 nitrogen and oxygen atoms in total. The molecule has 0 aliphatic heterocycles. The maximum Gasteiger partial charge on any atom is 0.265 e. The van der Waals surface area contributed by atoms with Gasteiger partial charge in [0.2, 0.25) is 0 Å². The van der Waals surface area contributed by atoms with Crippen molar-refractivity contribution in [1.29, 1.82) is 0 Å². The second-order valence-electron chi connectivity index (χ2n) is 6.01. The summed E-state index contributed by atoms with van der Waals surface area (Å²) in [5.74, 6) is 0.00138. The molecule has 1 atom stereocenters. The Bertz CT molecular complexity index is 419. The first-order chi connectivity index (χ1) is 10.2. The molecule has 2 N–H and O–H groups in total. The van der Waals surface area contributed by atoms with Crippen LogP contribution in [0.3, 0.4) is 0 Å². The van der Waals surface area contributed by atoms with E-state index in [-0.39, 0.29) is 17.6 Å². The highest BCUT2D eigenvalue weighted by molar-refractivity contribution is 7.85. The first kappa shape index (κ1) is 21.5. The lowest BCUT2D eigenvalue weighted by Gasteiger charge is -2.37. The van der Waals surface area contributed by atoms with Crippen LogP contribution in [-0.2, 0) is 14.9 Å². The third kappa shape index (κ3) is 8.82. The van der Waals surface area contributed by atoms with Crippen LogP contribution < -0.4 is 5.32 Å². The normalized spacial score (nSPS) is 14.0. The van der Waals surface area contributed by atoms with Gasteiger partial charge >= 0.3 is 0 Å². The number of nitrogens with zero attached hydrogens (tertiary/aromatic N) is 1. The summed E-state index contributed by atoms with van der Waals surface area (Å²) < 4.78 is 31.4. The number of unbranched alkanes of at least 4 members (excludes halogenated alkanes) is 1. The Morgan fingerprint density at radius 3 is 2.09 bits per heavy atom. The molecule has 0 aromatic rings. The number of hydrogen-bond acceptors (Lipinski definition) is 4.